The summed E-state index contributed by atoms with van der Waals surface area (Å²) in [6.45, 7) is 2.59. The molecule has 0 fully saturated rings. The summed E-state index contributed by atoms with van der Waals surface area (Å²) in [5, 5.41) is 0. The molecule has 0 aromatic heterocycles. The first-order valence-electron chi connectivity index (χ1n) is 2.73. The molecule has 0 aliphatic heterocycles. The van der Waals surface area contributed by atoms with E-state index in [0.717, 1.165) is 0 Å². The van der Waals surface area contributed by atoms with Crippen LogP contribution in [-0.4, -0.2) is 13.0 Å². The van der Waals surface area contributed by atoms with Crippen LogP contribution in [0.5, 0.6) is 0 Å². The molecule has 0 saturated heterocycles. The van der Waals surface area contributed by atoms with Gasteiger partial charge in [0.1, 0.15) is 0 Å². The van der Waals surface area contributed by atoms with Gasteiger partial charge >= 0.3 is 6.36 Å². The molecule has 11 heavy (non-hydrogen) atoms. The Morgan fingerprint density at radius 3 is 2.45 bits per heavy atom. The van der Waals surface area contributed by atoms with Gasteiger partial charge in [-0.1, -0.05) is 12.7 Å². The van der Waals surface area contributed by atoms with Crippen molar-refractivity contribution < 1.29 is 17.9 Å². The van der Waals surface area contributed by atoms with E-state index in [1.165, 1.54) is 12.2 Å². The minimum absolute atomic E-state index is 0.0164. The number of hydrogen-bond acceptors (Lipinski definition) is 2. The molecular formula is C6H8F3NO. The van der Waals surface area contributed by atoms with Gasteiger partial charge in [0.15, 0.2) is 0 Å². The Hall–Kier alpha value is -0.970. The summed E-state index contributed by atoms with van der Waals surface area (Å²) in [6, 6.07) is 0. The first-order valence-corrected chi connectivity index (χ1v) is 2.73. The topological polar surface area (TPSA) is 35.2 Å². The Morgan fingerprint density at radius 1 is 1.55 bits per heavy atom. The van der Waals surface area contributed by atoms with Crippen LogP contribution in [0.25, 0.3) is 0 Å². The second-order valence-corrected chi connectivity index (χ2v) is 1.71. The zero-order valence-electron chi connectivity index (χ0n) is 5.69. The maximum Gasteiger partial charge on any atom is 0.522 e. The fourth-order valence-electron chi connectivity index (χ4n) is 0.365. The summed E-state index contributed by atoms with van der Waals surface area (Å²) in [5.41, 5.74) is 5.04. The van der Waals surface area contributed by atoms with Crippen LogP contribution in [-0.2, 0) is 4.74 Å². The molecule has 0 aromatic carbocycles. The Kier molecular flexibility index (Phi) is 3.67. The first kappa shape index (κ1) is 10.0. The molecule has 64 valence electrons. The summed E-state index contributed by atoms with van der Waals surface area (Å²) in [4.78, 5) is 0. The van der Waals surface area contributed by atoms with Gasteiger partial charge in [0, 0.05) is 5.70 Å². The second kappa shape index (κ2) is 4.02. The van der Waals surface area contributed by atoms with Gasteiger partial charge in [-0.15, -0.1) is 13.2 Å². The van der Waals surface area contributed by atoms with Crippen LogP contribution >= 0.6 is 0 Å². The minimum atomic E-state index is -4.63. The molecule has 0 saturated carbocycles. The second-order valence-electron chi connectivity index (χ2n) is 1.71. The molecule has 0 aliphatic rings. The maximum absolute atomic E-state index is 11.3. The first-order chi connectivity index (χ1) is 4.95. The van der Waals surface area contributed by atoms with Crippen molar-refractivity contribution in [3.05, 3.63) is 24.4 Å². The van der Waals surface area contributed by atoms with Gasteiger partial charge in [0.25, 0.3) is 0 Å². The van der Waals surface area contributed by atoms with E-state index in [1.807, 2.05) is 0 Å². The number of rotatable bonds is 3. The Morgan fingerprint density at radius 2 is 2.09 bits per heavy atom. The lowest BCUT2D eigenvalue weighted by molar-refractivity contribution is -0.320. The summed E-state index contributed by atoms with van der Waals surface area (Å²) >= 11 is 0. The molecule has 0 radical (unpaired) electrons. The van der Waals surface area contributed by atoms with E-state index in [4.69, 9.17) is 5.73 Å². The fourth-order valence-corrected chi connectivity index (χ4v) is 0.365. The van der Waals surface area contributed by atoms with Crippen LogP contribution in [0, 0.1) is 0 Å². The molecule has 2 N–H and O–H groups in total. The van der Waals surface area contributed by atoms with Crippen molar-refractivity contribution in [3.8, 4) is 0 Å². The van der Waals surface area contributed by atoms with Crippen molar-refractivity contribution in [1.29, 1.82) is 0 Å². The predicted molar refractivity (Wildman–Crippen MR) is 34.5 cm³/mol. The average Bonchev–Trinajstić information content (AvgIpc) is 1.83. The average molecular weight is 167 g/mol. The minimum Gasteiger partial charge on any atom is -0.400 e. The van der Waals surface area contributed by atoms with E-state index in [2.05, 4.69) is 11.3 Å². The van der Waals surface area contributed by atoms with Crippen molar-refractivity contribution in [2.75, 3.05) is 6.61 Å². The van der Waals surface area contributed by atoms with E-state index < -0.39 is 13.0 Å². The Bertz CT molecular complexity index is 162. The van der Waals surface area contributed by atoms with Gasteiger partial charge in [-0.05, 0) is 6.08 Å². The number of hydrogen-bond donors (Lipinski definition) is 1. The Labute approximate surface area is 62.1 Å². The van der Waals surface area contributed by atoms with Crippen LogP contribution in [0.4, 0.5) is 13.2 Å². The quantitative estimate of drug-likeness (QED) is 0.647. The highest BCUT2D eigenvalue weighted by Crippen LogP contribution is 2.16. The highest BCUT2D eigenvalue weighted by atomic mass is 19.4. The van der Waals surface area contributed by atoms with E-state index in [9.17, 15) is 13.2 Å². The zero-order valence-corrected chi connectivity index (χ0v) is 5.69. The van der Waals surface area contributed by atoms with E-state index in [1.54, 1.807) is 0 Å². The van der Waals surface area contributed by atoms with Gasteiger partial charge < -0.3 is 5.73 Å². The fraction of sp³-hybridized carbons (Fsp3) is 0.333. The smallest absolute Gasteiger partial charge is 0.400 e. The molecule has 0 bridgehead atoms. The lowest BCUT2D eigenvalue weighted by Crippen LogP contribution is -2.17. The van der Waals surface area contributed by atoms with Crippen LogP contribution in [0.2, 0.25) is 0 Å². The van der Waals surface area contributed by atoms with Gasteiger partial charge in [0.05, 0.1) is 6.61 Å². The van der Waals surface area contributed by atoms with Crippen LogP contribution in [0.3, 0.4) is 0 Å². The molecule has 0 heterocycles. The third-order valence-corrected chi connectivity index (χ3v) is 0.734. The molecule has 0 unspecified atom stereocenters. The van der Waals surface area contributed by atoms with Crippen LogP contribution in [0.15, 0.2) is 24.4 Å². The molecule has 2 nitrogen and oxygen atoms in total. The van der Waals surface area contributed by atoms with Crippen LogP contribution in [0.1, 0.15) is 0 Å². The van der Waals surface area contributed by atoms with Crippen molar-refractivity contribution in [3.63, 3.8) is 0 Å². The summed E-state index contributed by atoms with van der Waals surface area (Å²) in [7, 11) is 0. The highest BCUT2D eigenvalue weighted by molar-refractivity contribution is 5.06. The van der Waals surface area contributed by atoms with Crippen LogP contribution < -0.4 is 5.73 Å². The molecule has 0 amide bonds. The number of halogens is 3. The monoisotopic (exact) mass is 167 g/mol. The summed E-state index contributed by atoms with van der Waals surface area (Å²) < 4.78 is 37.4. The molecule has 0 spiro atoms. The van der Waals surface area contributed by atoms with Gasteiger partial charge in [-0.3, -0.25) is 4.74 Å². The standard InChI is InChI=1S/C6H8F3NO/c1-2-3-5(10)4-11-6(7,8)9/h2-3H,1,4,10H2/b5-3+. The molecule has 0 atom stereocenters. The molecule has 5 heteroatoms. The highest BCUT2D eigenvalue weighted by Gasteiger charge is 2.28. The number of nitrogens with two attached hydrogens (primary N) is 1. The predicted octanol–water partition coefficient (Wildman–Crippen LogP) is 1.55. The molecule has 0 aromatic rings. The van der Waals surface area contributed by atoms with Crippen molar-refractivity contribution in [2.45, 2.75) is 6.36 Å². The number of ether oxygens (including phenoxy) is 1. The summed E-state index contributed by atoms with van der Waals surface area (Å²) in [6.07, 6.45) is -2.10. The van der Waals surface area contributed by atoms with Crippen molar-refractivity contribution in [1.82, 2.24) is 0 Å². The molecular weight excluding hydrogens is 159 g/mol. The van der Waals surface area contributed by atoms with E-state index in [-0.39, 0.29) is 5.70 Å². The van der Waals surface area contributed by atoms with Crippen molar-refractivity contribution >= 4 is 0 Å². The molecule has 0 rings (SSSR count). The normalized spacial score (nSPS) is 13.2. The van der Waals surface area contributed by atoms with Gasteiger partial charge in [-0.25, -0.2) is 0 Å². The lowest BCUT2D eigenvalue weighted by Gasteiger charge is -2.06. The largest absolute Gasteiger partial charge is 0.522 e. The van der Waals surface area contributed by atoms with Gasteiger partial charge in [0.2, 0.25) is 0 Å². The maximum atomic E-state index is 11.3. The third-order valence-electron chi connectivity index (χ3n) is 0.734. The number of allylic oxidation sites excluding steroid dienone is 2. The van der Waals surface area contributed by atoms with Crippen molar-refractivity contribution in [2.24, 2.45) is 5.73 Å². The summed E-state index contributed by atoms with van der Waals surface area (Å²) in [5.74, 6) is 0. The third kappa shape index (κ3) is 6.92. The molecule has 0 aliphatic carbocycles. The lowest BCUT2D eigenvalue weighted by atomic mass is 10.4. The number of alkyl halides is 3. The van der Waals surface area contributed by atoms with Gasteiger partial charge in [-0.2, -0.15) is 0 Å². The van der Waals surface area contributed by atoms with E-state index >= 15 is 0 Å². The zero-order chi connectivity index (χ0) is 8.91. The SMILES string of the molecule is C=C/C=C(/N)COC(F)(F)F. The van der Waals surface area contributed by atoms with E-state index in [0.29, 0.717) is 0 Å². The Balaban J connectivity index is 3.71.